The third-order valence-electron chi connectivity index (χ3n) is 9.15. The average Bonchev–Trinajstić information content (AvgIpc) is 3.09. The Morgan fingerprint density at radius 3 is 2.61 bits per heavy atom. The molecule has 4 heteroatoms. The van der Waals surface area contributed by atoms with Crippen molar-refractivity contribution in [3.63, 3.8) is 0 Å². The van der Waals surface area contributed by atoms with Gasteiger partial charge in [0.25, 0.3) is 0 Å². The molecule has 1 aromatic carbocycles. The molecule has 6 atom stereocenters. The van der Waals surface area contributed by atoms with Crippen molar-refractivity contribution in [2.24, 2.45) is 28.6 Å². The van der Waals surface area contributed by atoms with Crippen LogP contribution in [0.25, 0.3) is 0 Å². The van der Waals surface area contributed by atoms with Gasteiger partial charge in [-0.3, -0.25) is 4.79 Å². The Bertz CT molecular complexity index is 932. The van der Waals surface area contributed by atoms with Gasteiger partial charge in [0.15, 0.2) is 5.78 Å². The molecule has 0 aromatic heterocycles. The number of allylic oxidation sites excluding steroid dienone is 2. The lowest BCUT2D eigenvalue weighted by Gasteiger charge is -2.59. The Kier molecular flexibility index (Phi) is 5.14. The second kappa shape index (κ2) is 7.60. The number of carbonyl (C=O) groups is 1. The molecular weight excluding hydrogens is 388 g/mol. The van der Waals surface area contributed by atoms with Gasteiger partial charge in [-0.25, -0.2) is 0 Å². The molecule has 166 valence electrons. The van der Waals surface area contributed by atoms with Crippen molar-refractivity contribution in [1.82, 2.24) is 0 Å². The van der Waals surface area contributed by atoms with Gasteiger partial charge in [-0.15, -0.1) is 0 Å². The van der Waals surface area contributed by atoms with Gasteiger partial charge in [0.1, 0.15) is 18.1 Å². The smallest absolute Gasteiger partial charge is 0.155 e. The number of hydrogen-bond acceptors (Lipinski definition) is 4. The maximum Gasteiger partial charge on any atom is 0.155 e. The molecule has 0 amide bonds. The number of benzene rings is 1. The molecule has 1 unspecified atom stereocenters. The Morgan fingerprint density at radius 1 is 1.10 bits per heavy atom. The average molecular weight is 423 g/mol. The lowest BCUT2D eigenvalue weighted by molar-refractivity contribution is -0.124. The van der Waals surface area contributed by atoms with E-state index in [1.165, 1.54) is 11.1 Å². The molecule has 3 saturated carbocycles. The van der Waals surface area contributed by atoms with Crippen molar-refractivity contribution >= 4 is 5.78 Å². The number of carbonyl (C=O) groups excluding carboxylic acids is 1. The summed E-state index contributed by atoms with van der Waals surface area (Å²) in [7, 11) is 0. The van der Waals surface area contributed by atoms with Gasteiger partial charge in [-0.05, 0) is 90.9 Å². The van der Waals surface area contributed by atoms with Crippen LogP contribution in [0.3, 0.4) is 0 Å². The summed E-state index contributed by atoms with van der Waals surface area (Å²) in [6, 6.07) is 9.65. The standard InChI is InChI=1S/C27H34O4/c1-26-13-12-18(29)14-17(26)8-9-20-21-10-11-22(27(21,2)15-23(30)25(20)26)24(16-28)31-19-6-4-3-5-7-19/h3-7,14,20-21,23,25,28,30H,8-13,15-16H2,1-2H3/t20-,21-,23?,25+,26-,27-/m0/s1. The fourth-order valence-electron chi connectivity index (χ4n) is 7.78. The fourth-order valence-corrected chi connectivity index (χ4v) is 7.78. The number of rotatable bonds is 3. The third-order valence-corrected chi connectivity index (χ3v) is 9.15. The fraction of sp³-hybridized carbons (Fsp3) is 0.593. The predicted octanol–water partition coefficient (Wildman–Crippen LogP) is 4.81. The van der Waals surface area contributed by atoms with E-state index in [1.54, 1.807) is 0 Å². The van der Waals surface area contributed by atoms with Crippen LogP contribution in [0.5, 0.6) is 5.75 Å². The normalized spacial score (nSPS) is 41.0. The highest BCUT2D eigenvalue weighted by molar-refractivity contribution is 5.91. The van der Waals surface area contributed by atoms with E-state index in [2.05, 4.69) is 13.8 Å². The first-order valence-electron chi connectivity index (χ1n) is 11.8. The van der Waals surface area contributed by atoms with E-state index in [0.717, 1.165) is 37.9 Å². The largest absolute Gasteiger partial charge is 0.459 e. The molecule has 4 nitrogen and oxygen atoms in total. The number of aliphatic hydroxyl groups excluding tert-OH is 2. The molecule has 4 aliphatic carbocycles. The predicted molar refractivity (Wildman–Crippen MR) is 119 cm³/mol. The zero-order valence-corrected chi connectivity index (χ0v) is 18.6. The highest BCUT2D eigenvalue weighted by Gasteiger charge is 2.61. The van der Waals surface area contributed by atoms with E-state index in [-0.39, 0.29) is 29.1 Å². The number of para-hydroxylation sites is 1. The molecule has 1 aromatic rings. The van der Waals surface area contributed by atoms with Gasteiger partial charge in [-0.2, -0.15) is 0 Å². The summed E-state index contributed by atoms with van der Waals surface area (Å²) in [6.07, 6.45) is 7.65. The summed E-state index contributed by atoms with van der Waals surface area (Å²) in [5.74, 6) is 2.79. The Morgan fingerprint density at radius 2 is 1.87 bits per heavy atom. The minimum absolute atomic E-state index is 0.0651. The van der Waals surface area contributed by atoms with E-state index in [1.807, 2.05) is 36.4 Å². The maximum absolute atomic E-state index is 12.1. The molecule has 31 heavy (non-hydrogen) atoms. The van der Waals surface area contributed by atoms with Crippen LogP contribution in [0, 0.1) is 28.6 Å². The second-order valence-electron chi connectivity index (χ2n) is 10.6. The van der Waals surface area contributed by atoms with Gasteiger partial charge in [0.2, 0.25) is 0 Å². The zero-order valence-electron chi connectivity index (χ0n) is 18.6. The van der Waals surface area contributed by atoms with Gasteiger partial charge in [-0.1, -0.05) is 37.6 Å². The van der Waals surface area contributed by atoms with Gasteiger partial charge in [0.05, 0.1) is 6.10 Å². The molecule has 0 spiro atoms. The molecule has 3 fully saturated rings. The van der Waals surface area contributed by atoms with Crippen molar-refractivity contribution in [3.05, 3.63) is 53.3 Å². The van der Waals surface area contributed by atoms with Crippen LogP contribution >= 0.6 is 0 Å². The van der Waals surface area contributed by atoms with Crippen LogP contribution in [0.2, 0.25) is 0 Å². The lowest BCUT2D eigenvalue weighted by atomic mass is 9.46. The van der Waals surface area contributed by atoms with E-state index >= 15 is 0 Å². The molecule has 2 N–H and O–H groups in total. The highest BCUT2D eigenvalue weighted by Crippen LogP contribution is 2.66. The van der Waals surface area contributed by atoms with Crippen molar-refractivity contribution in [2.45, 2.75) is 64.9 Å². The summed E-state index contributed by atoms with van der Waals surface area (Å²) in [5, 5.41) is 21.7. The minimum atomic E-state index is -0.405. The summed E-state index contributed by atoms with van der Waals surface area (Å²) in [5.41, 5.74) is 2.23. The summed E-state index contributed by atoms with van der Waals surface area (Å²) in [6.45, 7) is 4.45. The summed E-state index contributed by atoms with van der Waals surface area (Å²) in [4.78, 5) is 12.1. The van der Waals surface area contributed by atoms with Crippen molar-refractivity contribution in [3.8, 4) is 5.75 Å². The van der Waals surface area contributed by atoms with Crippen LogP contribution in [0.4, 0.5) is 0 Å². The first-order valence-corrected chi connectivity index (χ1v) is 11.8. The third kappa shape index (κ3) is 3.22. The van der Waals surface area contributed by atoms with Gasteiger partial charge >= 0.3 is 0 Å². The van der Waals surface area contributed by atoms with Gasteiger partial charge < -0.3 is 14.9 Å². The summed E-state index contributed by atoms with van der Waals surface area (Å²) < 4.78 is 6.15. The van der Waals surface area contributed by atoms with E-state index in [0.29, 0.717) is 30.4 Å². The minimum Gasteiger partial charge on any atom is -0.459 e. The second-order valence-corrected chi connectivity index (χ2v) is 10.6. The van der Waals surface area contributed by atoms with Crippen LogP contribution in [-0.4, -0.2) is 28.7 Å². The number of fused-ring (bicyclic) bond motifs is 5. The lowest BCUT2D eigenvalue weighted by Crippen LogP contribution is -2.55. The first-order chi connectivity index (χ1) is 14.9. The number of ether oxygens (including phenoxy) is 1. The number of hydrogen-bond donors (Lipinski definition) is 2. The monoisotopic (exact) mass is 422 g/mol. The Balaban J connectivity index is 1.49. The summed E-state index contributed by atoms with van der Waals surface area (Å²) >= 11 is 0. The quantitative estimate of drug-likeness (QED) is 0.686. The SMILES string of the molecule is C[C@]12CCC(=O)C=C1CC[C@@H]1[C@@H]2C(O)C[C@]2(C)C(=C(CO)Oc3ccccc3)CC[C@@H]12. The Labute approximate surface area is 185 Å². The zero-order chi connectivity index (χ0) is 21.8. The van der Waals surface area contributed by atoms with Crippen LogP contribution in [0.15, 0.2) is 53.3 Å². The molecular formula is C27H34O4. The van der Waals surface area contributed by atoms with Crippen LogP contribution < -0.4 is 4.74 Å². The molecule has 0 saturated heterocycles. The van der Waals surface area contributed by atoms with Gasteiger partial charge in [0, 0.05) is 6.42 Å². The van der Waals surface area contributed by atoms with Crippen molar-refractivity contribution < 1.29 is 19.7 Å². The molecule has 0 aliphatic heterocycles. The van der Waals surface area contributed by atoms with Crippen molar-refractivity contribution in [1.29, 1.82) is 0 Å². The molecule has 5 rings (SSSR count). The highest BCUT2D eigenvalue weighted by atomic mass is 16.5. The number of aliphatic hydroxyl groups is 2. The number of ketones is 1. The Hall–Kier alpha value is -1.91. The van der Waals surface area contributed by atoms with Crippen LogP contribution in [-0.2, 0) is 4.79 Å². The molecule has 0 bridgehead atoms. The molecule has 0 radical (unpaired) electrons. The van der Waals surface area contributed by atoms with Crippen molar-refractivity contribution in [2.75, 3.05) is 6.61 Å². The topological polar surface area (TPSA) is 66.8 Å². The molecule has 4 aliphatic rings. The van der Waals surface area contributed by atoms with E-state index < -0.39 is 6.10 Å². The van der Waals surface area contributed by atoms with E-state index in [4.69, 9.17) is 4.74 Å². The first kappa shape index (κ1) is 21.0. The van der Waals surface area contributed by atoms with E-state index in [9.17, 15) is 15.0 Å². The maximum atomic E-state index is 12.1. The molecule has 0 heterocycles. The van der Waals surface area contributed by atoms with Crippen LogP contribution in [0.1, 0.15) is 58.8 Å².